The summed E-state index contributed by atoms with van der Waals surface area (Å²) in [6, 6.07) is 15.1. The van der Waals surface area contributed by atoms with Gasteiger partial charge in [0.2, 0.25) is 0 Å². The number of nitrogens with two attached hydrogens (primary N) is 1. The molecule has 0 heterocycles. The highest BCUT2D eigenvalue weighted by Crippen LogP contribution is 2.29. The Labute approximate surface area is 105 Å². The Morgan fingerprint density at radius 3 is 2.47 bits per heavy atom. The molecule has 0 unspecified atom stereocenters. The fraction of sp³-hybridized carbons (Fsp3) is 0.143. The van der Waals surface area contributed by atoms with E-state index in [2.05, 4.69) is 0 Å². The molecule has 0 fully saturated rings. The molecule has 2 rings (SSSR count). The summed E-state index contributed by atoms with van der Waals surface area (Å²) in [7, 11) is 0. The van der Waals surface area contributed by atoms with Crippen molar-refractivity contribution in [3.8, 4) is 0 Å². The molecular formula is C14H14FNS. The molecule has 2 aromatic rings. The van der Waals surface area contributed by atoms with Crippen molar-refractivity contribution in [3.05, 3.63) is 59.9 Å². The van der Waals surface area contributed by atoms with Crippen molar-refractivity contribution >= 4 is 11.8 Å². The lowest BCUT2D eigenvalue weighted by molar-refractivity contribution is 0.599. The van der Waals surface area contributed by atoms with Crippen LogP contribution in [0.3, 0.4) is 0 Å². The molecule has 2 aromatic carbocycles. The second kappa shape index (κ2) is 5.84. The molecule has 0 bridgehead atoms. The molecule has 0 atom stereocenters. The summed E-state index contributed by atoms with van der Waals surface area (Å²) in [5.74, 6) is -0.176. The van der Waals surface area contributed by atoms with Crippen molar-refractivity contribution in [1.82, 2.24) is 0 Å². The van der Waals surface area contributed by atoms with Gasteiger partial charge in [-0.15, -0.1) is 0 Å². The van der Waals surface area contributed by atoms with E-state index in [1.807, 2.05) is 42.5 Å². The van der Waals surface area contributed by atoms with E-state index in [0.717, 1.165) is 10.5 Å². The second-order valence-corrected chi connectivity index (χ2v) is 4.83. The van der Waals surface area contributed by atoms with Crippen LogP contribution < -0.4 is 5.73 Å². The summed E-state index contributed by atoms with van der Waals surface area (Å²) in [5, 5.41) is 0. The van der Waals surface area contributed by atoms with Gasteiger partial charge < -0.3 is 5.73 Å². The molecule has 0 aliphatic carbocycles. The lowest BCUT2D eigenvalue weighted by atomic mass is 10.1. The van der Waals surface area contributed by atoms with Gasteiger partial charge in [0.1, 0.15) is 5.82 Å². The number of hydrogen-bond donors (Lipinski definition) is 1. The van der Waals surface area contributed by atoms with E-state index in [9.17, 15) is 4.39 Å². The molecule has 0 spiro atoms. The molecule has 0 saturated heterocycles. The fourth-order valence-electron chi connectivity index (χ4n) is 1.56. The Bertz CT molecular complexity index is 485. The summed E-state index contributed by atoms with van der Waals surface area (Å²) in [6.07, 6.45) is 0.715. The molecule has 0 aliphatic rings. The van der Waals surface area contributed by atoms with E-state index >= 15 is 0 Å². The molecule has 17 heavy (non-hydrogen) atoms. The summed E-state index contributed by atoms with van der Waals surface area (Å²) in [5.41, 5.74) is 6.39. The molecule has 88 valence electrons. The summed E-state index contributed by atoms with van der Waals surface area (Å²) in [4.78, 5) is 1.69. The van der Waals surface area contributed by atoms with Gasteiger partial charge in [0.05, 0.1) is 0 Å². The highest BCUT2D eigenvalue weighted by Gasteiger charge is 2.05. The molecule has 1 nitrogen and oxygen atoms in total. The number of hydrogen-bond acceptors (Lipinski definition) is 2. The van der Waals surface area contributed by atoms with Gasteiger partial charge in [-0.05, 0) is 42.8 Å². The lowest BCUT2D eigenvalue weighted by Gasteiger charge is -2.05. The predicted octanol–water partition coefficient (Wildman–Crippen LogP) is 3.48. The first-order chi connectivity index (χ1) is 8.29. The average Bonchev–Trinajstić information content (AvgIpc) is 2.34. The van der Waals surface area contributed by atoms with Gasteiger partial charge >= 0.3 is 0 Å². The number of halogens is 1. The standard InChI is InChI=1S/C14H14FNS/c15-13-10-11(8-9-16)6-7-14(13)17-12-4-2-1-3-5-12/h1-7,10H,8-9,16H2. The summed E-state index contributed by atoms with van der Waals surface area (Å²) in [6.45, 7) is 0.546. The third-order valence-electron chi connectivity index (χ3n) is 2.40. The lowest BCUT2D eigenvalue weighted by Crippen LogP contribution is -2.02. The Hall–Kier alpha value is -1.32. The van der Waals surface area contributed by atoms with Crippen LogP contribution in [0.2, 0.25) is 0 Å². The smallest absolute Gasteiger partial charge is 0.137 e. The van der Waals surface area contributed by atoms with Crippen molar-refractivity contribution in [2.75, 3.05) is 6.54 Å². The van der Waals surface area contributed by atoms with E-state index in [-0.39, 0.29) is 5.82 Å². The zero-order valence-electron chi connectivity index (χ0n) is 9.40. The topological polar surface area (TPSA) is 26.0 Å². The van der Waals surface area contributed by atoms with Gasteiger partial charge in [0.15, 0.2) is 0 Å². The van der Waals surface area contributed by atoms with Gasteiger partial charge in [-0.25, -0.2) is 4.39 Å². The predicted molar refractivity (Wildman–Crippen MR) is 69.7 cm³/mol. The van der Waals surface area contributed by atoms with Gasteiger partial charge in [0.25, 0.3) is 0 Å². The molecule has 0 saturated carbocycles. The van der Waals surface area contributed by atoms with Gasteiger partial charge in [0, 0.05) is 9.79 Å². The van der Waals surface area contributed by atoms with Crippen LogP contribution in [0.5, 0.6) is 0 Å². The maximum absolute atomic E-state index is 13.8. The van der Waals surface area contributed by atoms with Crippen LogP contribution in [-0.2, 0) is 6.42 Å². The molecule has 3 heteroatoms. The van der Waals surface area contributed by atoms with Crippen LogP contribution in [0, 0.1) is 5.82 Å². The minimum absolute atomic E-state index is 0.176. The third kappa shape index (κ3) is 3.32. The largest absolute Gasteiger partial charge is 0.330 e. The number of benzene rings is 2. The Kier molecular flexibility index (Phi) is 4.18. The molecule has 0 aromatic heterocycles. The minimum Gasteiger partial charge on any atom is -0.330 e. The van der Waals surface area contributed by atoms with Crippen molar-refractivity contribution in [2.45, 2.75) is 16.2 Å². The van der Waals surface area contributed by atoms with Gasteiger partial charge in [-0.2, -0.15) is 0 Å². The zero-order chi connectivity index (χ0) is 12.1. The van der Waals surface area contributed by atoms with Crippen LogP contribution in [0.1, 0.15) is 5.56 Å². The average molecular weight is 247 g/mol. The quantitative estimate of drug-likeness (QED) is 0.895. The first-order valence-corrected chi connectivity index (χ1v) is 6.32. The van der Waals surface area contributed by atoms with Crippen molar-refractivity contribution < 1.29 is 4.39 Å². The Morgan fingerprint density at radius 1 is 1.06 bits per heavy atom. The fourth-order valence-corrected chi connectivity index (χ4v) is 2.40. The van der Waals surface area contributed by atoms with Crippen molar-refractivity contribution in [2.24, 2.45) is 5.73 Å². The maximum atomic E-state index is 13.8. The van der Waals surface area contributed by atoms with Gasteiger partial charge in [-0.1, -0.05) is 36.0 Å². The summed E-state index contributed by atoms with van der Waals surface area (Å²) >= 11 is 1.43. The molecule has 0 amide bonds. The van der Waals surface area contributed by atoms with Crippen LogP contribution >= 0.6 is 11.8 Å². The molecule has 0 radical (unpaired) electrons. The van der Waals surface area contributed by atoms with Crippen molar-refractivity contribution in [1.29, 1.82) is 0 Å². The van der Waals surface area contributed by atoms with E-state index in [0.29, 0.717) is 17.9 Å². The monoisotopic (exact) mass is 247 g/mol. The Morgan fingerprint density at radius 2 is 1.82 bits per heavy atom. The first-order valence-electron chi connectivity index (χ1n) is 5.51. The second-order valence-electron chi connectivity index (χ2n) is 3.72. The van der Waals surface area contributed by atoms with Crippen LogP contribution in [-0.4, -0.2) is 6.54 Å². The van der Waals surface area contributed by atoms with E-state index < -0.39 is 0 Å². The molecule has 2 N–H and O–H groups in total. The zero-order valence-corrected chi connectivity index (χ0v) is 10.2. The maximum Gasteiger partial charge on any atom is 0.137 e. The third-order valence-corrected chi connectivity index (χ3v) is 3.46. The summed E-state index contributed by atoms with van der Waals surface area (Å²) < 4.78 is 13.8. The molecular weight excluding hydrogens is 233 g/mol. The highest BCUT2D eigenvalue weighted by atomic mass is 32.2. The van der Waals surface area contributed by atoms with Crippen molar-refractivity contribution in [3.63, 3.8) is 0 Å². The first kappa shape index (κ1) is 12.1. The van der Waals surface area contributed by atoms with Crippen LogP contribution in [0.15, 0.2) is 58.3 Å². The number of rotatable bonds is 4. The minimum atomic E-state index is -0.176. The van der Waals surface area contributed by atoms with Gasteiger partial charge in [-0.3, -0.25) is 0 Å². The Balaban J connectivity index is 2.17. The van der Waals surface area contributed by atoms with E-state index in [4.69, 9.17) is 5.73 Å². The van der Waals surface area contributed by atoms with Crippen LogP contribution in [0.4, 0.5) is 4.39 Å². The normalized spacial score (nSPS) is 10.5. The van der Waals surface area contributed by atoms with Crippen LogP contribution in [0.25, 0.3) is 0 Å². The molecule has 0 aliphatic heterocycles. The SMILES string of the molecule is NCCc1ccc(Sc2ccccc2)c(F)c1. The van der Waals surface area contributed by atoms with E-state index in [1.165, 1.54) is 11.8 Å². The highest BCUT2D eigenvalue weighted by molar-refractivity contribution is 7.99. The van der Waals surface area contributed by atoms with E-state index in [1.54, 1.807) is 6.07 Å².